The molecule has 2 heterocycles. The molecular formula is C27H27N3O4S. The molecule has 0 unspecified atom stereocenters. The van der Waals surface area contributed by atoms with Gasteiger partial charge in [0.2, 0.25) is 5.89 Å². The van der Waals surface area contributed by atoms with Crippen molar-refractivity contribution < 1.29 is 18.6 Å². The maximum Gasteiger partial charge on any atom is 0.288 e. The van der Waals surface area contributed by atoms with Gasteiger partial charge in [0.05, 0.1) is 34.0 Å². The zero-order valence-electron chi connectivity index (χ0n) is 19.9. The zero-order chi connectivity index (χ0) is 24.4. The first-order chi connectivity index (χ1) is 17.1. The van der Waals surface area contributed by atoms with Gasteiger partial charge in [0.1, 0.15) is 5.75 Å². The fraction of sp³-hybridized carbons (Fsp3) is 0.259. The van der Waals surface area contributed by atoms with Gasteiger partial charge in [-0.1, -0.05) is 30.3 Å². The van der Waals surface area contributed by atoms with Gasteiger partial charge >= 0.3 is 0 Å². The maximum atomic E-state index is 5.86. The number of benzene rings is 3. The average Bonchev–Trinajstić information content (AvgIpc) is 3.28. The molecule has 0 bridgehead atoms. The summed E-state index contributed by atoms with van der Waals surface area (Å²) in [6.45, 7) is 1.32. The molecule has 1 aliphatic heterocycles. The van der Waals surface area contributed by atoms with Crippen LogP contribution < -0.4 is 14.2 Å². The van der Waals surface area contributed by atoms with E-state index in [1.807, 2.05) is 30.3 Å². The van der Waals surface area contributed by atoms with E-state index in [0.717, 1.165) is 30.0 Å². The molecule has 0 N–H and O–H groups in total. The molecule has 8 heteroatoms. The van der Waals surface area contributed by atoms with E-state index in [1.54, 1.807) is 26.0 Å². The van der Waals surface area contributed by atoms with Gasteiger partial charge in [0.25, 0.3) is 4.84 Å². The number of hydrogen-bond donors (Lipinski definition) is 0. The molecule has 5 rings (SSSR count). The molecule has 4 aromatic rings. The molecule has 1 aromatic heterocycles. The molecule has 1 atom stereocenters. The van der Waals surface area contributed by atoms with Crippen molar-refractivity contribution in [2.75, 3.05) is 27.9 Å². The van der Waals surface area contributed by atoms with Crippen LogP contribution in [0.2, 0.25) is 0 Å². The van der Waals surface area contributed by atoms with E-state index in [9.17, 15) is 0 Å². The molecule has 7 nitrogen and oxygen atoms in total. The van der Waals surface area contributed by atoms with Crippen LogP contribution in [0.25, 0.3) is 11.5 Å². The van der Waals surface area contributed by atoms with E-state index in [0.29, 0.717) is 23.1 Å². The normalized spacial score (nSPS) is 15.5. The summed E-state index contributed by atoms with van der Waals surface area (Å²) in [5.41, 5.74) is 4.46. The van der Waals surface area contributed by atoms with Crippen molar-refractivity contribution in [1.29, 1.82) is 0 Å². The largest absolute Gasteiger partial charge is 0.497 e. The Kier molecular flexibility index (Phi) is 6.57. The summed E-state index contributed by atoms with van der Waals surface area (Å²) in [7, 11) is 4.97. The Morgan fingerprint density at radius 2 is 1.66 bits per heavy atom. The van der Waals surface area contributed by atoms with E-state index in [4.69, 9.17) is 35.9 Å². The number of methoxy groups -OCH3 is 3. The van der Waals surface area contributed by atoms with Crippen LogP contribution in [0.15, 0.2) is 71.1 Å². The second-order valence-electron chi connectivity index (χ2n) is 8.32. The average molecular weight is 490 g/mol. The maximum absolute atomic E-state index is 5.86. The first kappa shape index (κ1) is 23.1. The minimum absolute atomic E-state index is 0.00259. The number of ether oxygens (including phenoxy) is 3. The van der Waals surface area contributed by atoms with E-state index < -0.39 is 0 Å². The van der Waals surface area contributed by atoms with Gasteiger partial charge in [-0.3, -0.25) is 4.90 Å². The molecule has 0 saturated carbocycles. The van der Waals surface area contributed by atoms with Crippen LogP contribution in [-0.2, 0) is 13.1 Å². The highest BCUT2D eigenvalue weighted by Gasteiger charge is 2.31. The summed E-state index contributed by atoms with van der Waals surface area (Å²) >= 11 is 5.54. The van der Waals surface area contributed by atoms with E-state index in [2.05, 4.69) is 41.3 Å². The van der Waals surface area contributed by atoms with Crippen LogP contribution >= 0.6 is 12.2 Å². The molecule has 0 aliphatic carbocycles. The highest BCUT2D eigenvalue weighted by Crippen LogP contribution is 2.41. The molecule has 0 fully saturated rings. The van der Waals surface area contributed by atoms with E-state index >= 15 is 0 Å². The Labute approximate surface area is 209 Å². The van der Waals surface area contributed by atoms with Gasteiger partial charge in [0.15, 0.2) is 11.5 Å². The summed E-state index contributed by atoms with van der Waals surface area (Å²) < 4.78 is 24.0. The highest BCUT2D eigenvalue weighted by atomic mass is 32.1. The Bertz CT molecular complexity index is 1370. The summed E-state index contributed by atoms with van der Waals surface area (Å²) in [4.78, 5) is 2.69. The van der Waals surface area contributed by atoms with Gasteiger partial charge in [-0.25, -0.2) is 4.68 Å². The number of nitrogens with zero attached hydrogens (tertiary/aromatic N) is 3. The van der Waals surface area contributed by atoms with Crippen LogP contribution in [0, 0.1) is 4.84 Å². The fourth-order valence-corrected chi connectivity index (χ4v) is 4.77. The monoisotopic (exact) mass is 489 g/mol. The molecule has 0 spiro atoms. The number of fused-ring (bicyclic) bond motifs is 1. The number of aromatic nitrogens is 2. The van der Waals surface area contributed by atoms with Crippen molar-refractivity contribution in [2.24, 2.45) is 0 Å². The smallest absolute Gasteiger partial charge is 0.288 e. The lowest BCUT2D eigenvalue weighted by molar-refractivity contribution is 0.153. The summed E-state index contributed by atoms with van der Waals surface area (Å²) in [5, 5.41) is 4.69. The molecule has 180 valence electrons. The van der Waals surface area contributed by atoms with Crippen molar-refractivity contribution in [3.63, 3.8) is 0 Å². The molecule has 35 heavy (non-hydrogen) atoms. The topological polar surface area (TPSA) is 61.9 Å². The zero-order valence-corrected chi connectivity index (χ0v) is 20.7. The first-order valence-electron chi connectivity index (χ1n) is 11.4. The second kappa shape index (κ2) is 9.93. The quantitative estimate of drug-likeness (QED) is 0.318. The molecule has 0 amide bonds. The van der Waals surface area contributed by atoms with Gasteiger partial charge in [-0.05, 0) is 71.7 Å². The first-order valence-corrected chi connectivity index (χ1v) is 11.8. The lowest BCUT2D eigenvalue weighted by Gasteiger charge is -2.37. The van der Waals surface area contributed by atoms with Crippen molar-refractivity contribution in [1.82, 2.24) is 14.7 Å². The lowest BCUT2D eigenvalue weighted by Crippen LogP contribution is -2.37. The Morgan fingerprint density at radius 3 is 2.34 bits per heavy atom. The van der Waals surface area contributed by atoms with Crippen molar-refractivity contribution >= 4 is 12.2 Å². The van der Waals surface area contributed by atoms with E-state index in [1.165, 1.54) is 16.7 Å². The fourth-order valence-electron chi connectivity index (χ4n) is 4.59. The third kappa shape index (κ3) is 4.54. The van der Waals surface area contributed by atoms with Gasteiger partial charge < -0.3 is 18.6 Å². The van der Waals surface area contributed by atoms with Gasteiger partial charge in [-0.15, -0.1) is 5.10 Å². The van der Waals surface area contributed by atoms with Crippen molar-refractivity contribution in [2.45, 2.75) is 19.1 Å². The van der Waals surface area contributed by atoms with Crippen LogP contribution in [0.3, 0.4) is 0 Å². The standard InChI is InChI=1S/C27H27N3O4S/c1-31-21-11-9-19(10-12-21)26-28-30(27(35)34-26)17-29-14-13-20-15-23(32-2)24(33-3)16-22(20)25(29)18-7-5-4-6-8-18/h4-12,15-16,25H,13-14,17H2,1-3H3/t25-/m0/s1. The number of rotatable bonds is 7. The van der Waals surface area contributed by atoms with Gasteiger partial charge in [-0.2, -0.15) is 0 Å². The number of hydrogen-bond acceptors (Lipinski definition) is 7. The molecule has 0 radical (unpaired) electrons. The van der Waals surface area contributed by atoms with Crippen LogP contribution in [0.4, 0.5) is 0 Å². The minimum atomic E-state index is 0.00259. The Balaban J connectivity index is 1.51. The third-order valence-corrected chi connectivity index (χ3v) is 6.64. The highest BCUT2D eigenvalue weighted by molar-refractivity contribution is 7.71. The predicted molar refractivity (Wildman–Crippen MR) is 136 cm³/mol. The van der Waals surface area contributed by atoms with E-state index in [-0.39, 0.29) is 6.04 Å². The van der Waals surface area contributed by atoms with Crippen molar-refractivity contribution in [3.8, 4) is 28.7 Å². The van der Waals surface area contributed by atoms with Crippen molar-refractivity contribution in [3.05, 3.63) is 88.3 Å². The summed E-state index contributed by atoms with van der Waals surface area (Å²) in [6, 6.07) is 22.2. The van der Waals surface area contributed by atoms with Crippen LogP contribution in [-0.4, -0.2) is 42.6 Å². The Morgan fingerprint density at radius 1 is 0.943 bits per heavy atom. The van der Waals surface area contributed by atoms with Gasteiger partial charge in [0, 0.05) is 12.1 Å². The third-order valence-electron chi connectivity index (χ3n) is 6.35. The predicted octanol–water partition coefficient (Wildman–Crippen LogP) is 5.50. The molecule has 0 saturated heterocycles. The van der Waals surface area contributed by atoms with Crippen LogP contribution in [0.5, 0.6) is 17.2 Å². The molecule has 3 aromatic carbocycles. The molecular weight excluding hydrogens is 462 g/mol. The van der Waals surface area contributed by atoms with Crippen LogP contribution in [0.1, 0.15) is 22.7 Å². The second-order valence-corrected chi connectivity index (χ2v) is 8.67. The lowest BCUT2D eigenvalue weighted by atomic mass is 9.88. The summed E-state index contributed by atoms with van der Waals surface area (Å²) in [5.74, 6) is 2.72. The Hall–Kier alpha value is -3.62. The molecule has 1 aliphatic rings. The minimum Gasteiger partial charge on any atom is -0.497 e. The SMILES string of the molecule is COc1ccc(-c2nn(CN3CCc4cc(OC)c(OC)cc4[C@@H]3c3ccccc3)c(=S)o2)cc1. The summed E-state index contributed by atoms with van der Waals surface area (Å²) in [6.07, 6.45) is 0.871.